The number of allylic oxidation sites excluding steroid dienone is 3. The van der Waals surface area contributed by atoms with E-state index in [0.717, 1.165) is 12.8 Å². The molecule has 4 N–H and O–H groups in total. The quantitative estimate of drug-likeness (QED) is 0.0853. The lowest BCUT2D eigenvalue weighted by molar-refractivity contribution is -0.733. The maximum atomic E-state index is 12.8. The summed E-state index contributed by atoms with van der Waals surface area (Å²) >= 11 is 0. The first kappa shape index (κ1) is 21.6. The van der Waals surface area contributed by atoms with E-state index in [9.17, 15) is 9.59 Å². The van der Waals surface area contributed by atoms with Crippen molar-refractivity contribution in [2.24, 2.45) is 5.92 Å². The van der Waals surface area contributed by atoms with Crippen molar-refractivity contribution in [1.29, 1.82) is 0 Å². The average Bonchev–Trinajstić information content (AvgIpc) is 2.65. The summed E-state index contributed by atoms with van der Waals surface area (Å²) in [5.41, 5.74) is 1.21. The lowest BCUT2D eigenvalue weighted by atomic mass is 9.90. The van der Waals surface area contributed by atoms with E-state index in [1.165, 1.54) is 25.5 Å². The van der Waals surface area contributed by atoms with Crippen LogP contribution < -0.4 is 15.8 Å². The topological polar surface area (TPSA) is 102 Å². The molecule has 1 saturated carbocycles. The van der Waals surface area contributed by atoms with Crippen molar-refractivity contribution < 1.29 is 24.7 Å². The molecule has 1 aliphatic carbocycles. The minimum atomic E-state index is -0.598. The second-order valence-electron chi connectivity index (χ2n) is 6.30. The zero-order valence-corrected chi connectivity index (χ0v) is 15.6. The Morgan fingerprint density at radius 1 is 1.38 bits per heavy atom. The molecule has 0 radical (unpaired) electrons. The molecule has 1 aliphatic rings. The van der Waals surface area contributed by atoms with Crippen LogP contribution in [0.4, 0.5) is 0 Å². The van der Waals surface area contributed by atoms with Gasteiger partial charge in [0.15, 0.2) is 0 Å². The molecule has 0 aliphatic heterocycles. The number of hydrogen-bond acceptors (Lipinski definition) is 5. The molecule has 1 rings (SSSR count). The van der Waals surface area contributed by atoms with E-state index in [-0.39, 0.29) is 5.57 Å². The van der Waals surface area contributed by atoms with Crippen LogP contribution in [0.1, 0.15) is 39.0 Å². The van der Waals surface area contributed by atoms with Gasteiger partial charge in [-0.1, -0.05) is 38.0 Å². The molecule has 0 aromatic carbocycles. The molecule has 0 aromatic heterocycles. The van der Waals surface area contributed by atoms with E-state index in [0.29, 0.717) is 30.2 Å². The molecule has 1 unspecified atom stereocenters. The van der Waals surface area contributed by atoms with Crippen LogP contribution in [0.15, 0.2) is 35.6 Å². The van der Waals surface area contributed by atoms with Crippen LogP contribution in [0.2, 0.25) is 0 Å². The van der Waals surface area contributed by atoms with E-state index in [1.807, 2.05) is 5.16 Å². The van der Waals surface area contributed by atoms with E-state index in [4.69, 9.17) is 9.94 Å². The molecule has 26 heavy (non-hydrogen) atoms. The first-order valence-electron chi connectivity index (χ1n) is 8.89. The number of likely N-dealkylation sites (N-methyl/N-ethyl adjacent to an activating group) is 1. The summed E-state index contributed by atoms with van der Waals surface area (Å²) < 4.78 is 5.56. The summed E-state index contributed by atoms with van der Waals surface area (Å²) in [5.74, 6) is -0.113. The highest BCUT2D eigenvalue weighted by molar-refractivity contribution is 5.94. The van der Waals surface area contributed by atoms with Crippen molar-refractivity contribution in [3.63, 3.8) is 0 Å². The zero-order valence-electron chi connectivity index (χ0n) is 15.6. The van der Waals surface area contributed by atoms with Gasteiger partial charge in [-0.05, 0) is 37.9 Å². The fraction of sp³-hybridized carbons (Fsp3) is 0.526. The van der Waals surface area contributed by atoms with Crippen LogP contribution in [-0.2, 0) is 14.3 Å². The molecule has 7 nitrogen and oxygen atoms in total. The van der Waals surface area contributed by atoms with Gasteiger partial charge in [0.05, 0.1) is 18.2 Å². The van der Waals surface area contributed by atoms with Gasteiger partial charge in [-0.15, -0.1) is 0 Å². The van der Waals surface area contributed by atoms with Crippen molar-refractivity contribution in [1.82, 2.24) is 10.6 Å². The highest BCUT2D eigenvalue weighted by Crippen LogP contribution is 2.24. The van der Waals surface area contributed by atoms with Gasteiger partial charge in [0.1, 0.15) is 0 Å². The Morgan fingerprint density at radius 3 is 2.62 bits per heavy atom. The van der Waals surface area contributed by atoms with E-state index >= 15 is 0 Å². The Bertz CT molecular complexity index is 575. The normalized spacial score (nSPS) is 18.2. The molecule has 1 atom stereocenters. The summed E-state index contributed by atoms with van der Waals surface area (Å²) in [6.45, 7) is 5.65. The average molecular weight is 364 g/mol. The third-order valence-electron chi connectivity index (χ3n) is 4.53. The highest BCUT2D eigenvalue weighted by atomic mass is 16.5. The molecule has 0 heterocycles. The van der Waals surface area contributed by atoms with E-state index in [1.54, 1.807) is 26.1 Å². The molecule has 0 aromatic rings. The minimum Gasteiger partial charge on any atom is -0.462 e. The lowest BCUT2D eigenvalue weighted by Gasteiger charge is -2.24. The number of amides is 1. The van der Waals surface area contributed by atoms with Crippen LogP contribution in [0.3, 0.4) is 0 Å². The van der Waals surface area contributed by atoms with Gasteiger partial charge in [-0.3, -0.25) is 10.0 Å². The maximum absolute atomic E-state index is 12.8. The van der Waals surface area contributed by atoms with Crippen molar-refractivity contribution in [2.45, 2.75) is 45.1 Å². The van der Waals surface area contributed by atoms with E-state index in [2.05, 4.69) is 17.2 Å². The summed E-state index contributed by atoms with van der Waals surface area (Å²) in [7, 11) is 1.68. The third kappa shape index (κ3) is 6.48. The lowest BCUT2D eigenvalue weighted by Crippen LogP contribution is -2.65. The minimum absolute atomic E-state index is 0.273. The van der Waals surface area contributed by atoms with Crippen LogP contribution in [0.25, 0.3) is 0 Å². The largest absolute Gasteiger partial charge is 0.462 e. The molecule has 1 fully saturated rings. The smallest absolute Gasteiger partial charge is 0.337 e. The van der Waals surface area contributed by atoms with Crippen LogP contribution in [0.5, 0.6) is 0 Å². The zero-order chi connectivity index (χ0) is 19.4. The number of rotatable bonds is 10. The van der Waals surface area contributed by atoms with Gasteiger partial charge in [0.2, 0.25) is 12.6 Å². The third-order valence-corrected chi connectivity index (χ3v) is 4.53. The van der Waals surface area contributed by atoms with Gasteiger partial charge >= 0.3 is 5.97 Å². The summed E-state index contributed by atoms with van der Waals surface area (Å²) in [4.78, 5) is 23.7. The standard InChI is InChI=1S/C19H29N3O4/c1-4-8-16(11-22-25)18(20-3)17(14(2)21-13-23)19(24)26-12-15-9-6-5-7-10-15/h4,8,11,13,15,18,20,25H,1,5-7,9-10,12H2,2-3H3,(H,21,23)/p+1/b16-8+,17-14+,22-11+. The van der Waals surface area contributed by atoms with Crippen molar-refractivity contribution in [3.05, 3.63) is 35.6 Å². The Labute approximate surface area is 154 Å². The molecule has 1 amide bonds. The summed E-state index contributed by atoms with van der Waals surface area (Å²) in [5, 5.41) is 16.5. The van der Waals surface area contributed by atoms with Gasteiger partial charge in [-0.2, -0.15) is 0 Å². The fourth-order valence-electron chi connectivity index (χ4n) is 3.19. The van der Waals surface area contributed by atoms with Gasteiger partial charge in [-0.25, -0.2) is 4.79 Å². The molecular weight excluding hydrogens is 334 g/mol. The second kappa shape index (κ2) is 12.0. The monoisotopic (exact) mass is 364 g/mol. The van der Waals surface area contributed by atoms with Crippen molar-refractivity contribution >= 4 is 18.6 Å². The molecular formula is C19H30N3O4+. The van der Waals surface area contributed by atoms with Crippen molar-refractivity contribution in [2.75, 3.05) is 13.7 Å². The number of ether oxygens (including phenoxy) is 1. The van der Waals surface area contributed by atoms with Crippen LogP contribution >= 0.6 is 0 Å². The maximum Gasteiger partial charge on any atom is 0.337 e. The highest BCUT2D eigenvalue weighted by Gasteiger charge is 2.28. The number of hydrogen-bond donors (Lipinski definition) is 4. The molecule has 0 saturated heterocycles. The van der Waals surface area contributed by atoms with E-state index < -0.39 is 12.0 Å². The Morgan fingerprint density at radius 2 is 2.08 bits per heavy atom. The number of carbonyl (C=O) groups is 2. The molecule has 7 heteroatoms. The molecule has 0 bridgehead atoms. The Balaban J connectivity index is 3.06. The first-order valence-corrected chi connectivity index (χ1v) is 8.89. The molecule has 0 spiro atoms. The summed E-state index contributed by atoms with van der Waals surface area (Å²) in [6.07, 6.45) is 10.7. The number of carbonyl (C=O) groups excluding carboxylic acids is 2. The number of esters is 1. The predicted molar refractivity (Wildman–Crippen MR) is 99.4 cm³/mol. The summed E-state index contributed by atoms with van der Waals surface area (Å²) in [6, 6.07) is -0.598. The van der Waals surface area contributed by atoms with Gasteiger partial charge in [0, 0.05) is 11.3 Å². The van der Waals surface area contributed by atoms with Crippen LogP contribution in [-0.4, -0.2) is 43.5 Å². The van der Waals surface area contributed by atoms with Gasteiger partial charge in [0.25, 0.3) is 0 Å². The predicted octanol–water partition coefficient (Wildman–Crippen LogP) is 0.371. The van der Waals surface area contributed by atoms with Crippen molar-refractivity contribution in [3.8, 4) is 0 Å². The Kier molecular flexibility index (Phi) is 10.0. The Hall–Kier alpha value is -2.41. The fourth-order valence-corrected chi connectivity index (χ4v) is 3.19. The first-order chi connectivity index (χ1) is 12.6. The second-order valence-corrected chi connectivity index (χ2v) is 6.30. The SMILES string of the molecule is C=C/C=C(\C=[NH+]\O)C(NC)/C(C(=O)OCC1CCCCC1)=C(/C)NC=O. The van der Waals surface area contributed by atoms with Gasteiger partial charge < -0.3 is 15.4 Å². The number of nitrogens with one attached hydrogen (secondary N) is 3. The van der Waals surface area contributed by atoms with Crippen LogP contribution in [0, 0.1) is 5.92 Å². The molecule has 144 valence electrons.